The molecule has 0 saturated heterocycles. The van der Waals surface area contributed by atoms with Gasteiger partial charge in [0.1, 0.15) is 11.5 Å². The third-order valence-electron chi connectivity index (χ3n) is 2.47. The van der Waals surface area contributed by atoms with Gasteiger partial charge < -0.3 is 9.47 Å². The number of aryl methyl sites for hydroxylation is 1. The fourth-order valence-corrected chi connectivity index (χ4v) is 2.17. The summed E-state index contributed by atoms with van der Waals surface area (Å²) in [5, 5.41) is 0. The molecule has 1 aromatic rings. The summed E-state index contributed by atoms with van der Waals surface area (Å²) in [6.45, 7) is 2.05. The van der Waals surface area contributed by atoms with Gasteiger partial charge >= 0.3 is 0 Å². The lowest BCUT2D eigenvalue weighted by atomic mass is 10.1. The molecule has 90 valence electrons. The summed E-state index contributed by atoms with van der Waals surface area (Å²) in [4.78, 5) is 2.21. The minimum Gasteiger partial charge on any atom is -0.497 e. The summed E-state index contributed by atoms with van der Waals surface area (Å²) in [6.07, 6.45) is 0. The second-order valence-corrected chi connectivity index (χ2v) is 4.73. The van der Waals surface area contributed by atoms with Crippen molar-refractivity contribution >= 4 is 15.9 Å². The Morgan fingerprint density at radius 2 is 1.81 bits per heavy atom. The van der Waals surface area contributed by atoms with E-state index in [1.807, 2.05) is 26.2 Å². The van der Waals surface area contributed by atoms with Crippen molar-refractivity contribution in [3.63, 3.8) is 0 Å². The number of benzene rings is 1. The van der Waals surface area contributed by atoms with Crippen molar-refractivity contribution in [3.05, 3.63) is 23.3 Å². The standard InChI is InChI=1S/C12H18BrNO2/c1-8-6-9(15-4)7-10(16-5)11(8)12(13)14(2)3/h6-7,12H,1-5H3. The first-order valence-corrected chi connectivity index (χ1v) is 5.95. The summed E-state index contributed by atoms with van der Waals surface area (Å²) in [5.41, 5.74) is 2.28. The number of halogens is 1. The van der Waals surface area contributed by atoms with E-state index in [-0.39, 0.29) is 4.95 Å². The van der Waals surface area contributed by atoms with E-state index < -0.39 is 0 Å². The minimum atomic E-state index is 0.133. The van der Waals surface area contributed by atoms with Crippen LogP contribution in [0.4, 0.5) is 0 Å². The van der Waals surface area contributed by atoms with Crippen LogP contribution in [0.5, 0.6) is 11.5 Å². The maximum absolute atomic E-state index is 5.40. The quantitative estimate of drug-likeness (QED) is 0.628. The van der Waals surface area contributed by atoms with Crippen molar-refractivity contribution in [2.75, 3.05) is 28.3 Å². The Bertz CT molecular complexity index is 366. The molecule has 4 heteroatoms. The molecule has 0 aromatic heterocycles. The van der Waals surface area contributed by atoms with Gasteiger partial charge in [0, 0.05) is 11.6 Å². The van der Waals surface area contributed by atoms with Crippen LogP contribution in [0, 0.1) is 6.92 Å². The number of alkyl halides is 1. The second kappa shape index (κ2) is 5.55. The molecule has 0 bridgehead atoms. The first kappa shape index (κ1) is 13.3. The zero-order valence-electron chi connectivity index (χ0n) is 10.4. The summed E-state index contributed by atoms with van der Waals surface area (Å²) in [7, 11) is 7.36. The van der Waals surface area contributed by atoms with Crippen molar-refractivity contribution in [2.24, 2.45) is 0 Å². The van der Waals surface area contributed by atoms with Gasteiger partial charge in [-0.05, 0) is 32.6 Å². The van der Waals surface area contributed by atoms with E-state index in [9.17, 15) is 0 Å². The van der Waals surface area contributed by atoms with E-state index in [4.69, 9.17) is 9.47 Å². The number of ether oxygens (including phenoxy) is 2. The normalized spacial score (nSPS) is 12.7. The third-order valence-corrected chi connectivity index (χ3v) is 3.75. The molecular weight excluding hydrogens is 270 g/mol. The van der Waals surface area contributed by atoms with E-state index in [0.29, 0.717) is 0 Å². The van der Waals surface area contributed by atoms with E-state index in [2.05, 4.69) is 27.8 Å². The maximum atomic E-state index is 5.40. The average molecular weight is 288 g/mol. The van der Waals surface area contributed by atoms with E-state index in [0.717, 1.165) is 22.6 Å². The Hall–Kier alpha value is -0.740. The lowest BCUT2D eigenvalue weighted by Gasteiger charge is -2.23. The van der Waals surface area contributed by atoms with Crippen LogP contribution < -0.4 is 9.47 Å². The van der Waals surface area contributed by atoms with Gasteiger partial charge in [-0.2, -0.15) is 0 Å². The van der Waals surface area contributed by atoms with Crippen molar-refractivity contribution in [1.82, 2.24) is 4.90 Å². The number of rotatable bonds is 4. The van der Waals surface area contributed by atoms with Crippen LogP contribution in [0.15, 0.2) is 12.1 Å². The van der Waals surface area contributed by atoms with Gasteiger partial charge in [-0.25, -0.2) is 0 Å². The van der Waals surface area contributed by atoms with Crippen LogP contribution >= 0.6 is 15.9 Å². The highest BCUT2D eigenvalue weighted by Crippen LogP contribution is 2.37. The Kier molecular flexibility index (Phi) is 4.62. The Morgan fingerprint density at radius 1 is 1.19 bits per heavy atom. The van der Waals surface area contributed by atoms with E-state index in [1.165, 1.54) is 0 Å². The van der Waals surface area contributed by atoms with Crippen LogP contribution in [0.2, 0.25) is 0 Å². The van der Waals surface area contributed by atoms with Crippen LogP contribution in [-0.2, 0) is 0 Å². The highest BCUT2D eigenvalue weighted by molar-refractivity contribution is 9.09. The topological polar surface area (TPSA) is 21.7 Å². The highest BCUT2D eigenvalue weighted by atomic mass is 79.9. The van der Waals surface area contributed by atoms with Gasteiger partial charge in [0.25, 0.3) is 0 Å². The van der Waals surface area contributed by atoms with Crippen molar-refractivity contribution in [2.45, 2.75) is 11.9 Å². The average Bonchev–Trinajstić information content (AvgIpc) is 2.26. The number of methoxy groups -OCH3 is 2. The van der Waals surface area contributed by atoms with Gasteiger partial charge in [0.05, 0.1) is 19.2 Å². The molecule has 3 nitrogen and oxygen atoms in total. The first-order chi connectivity index (χ1) is 7.51. The van der Waals surface area contributed by atoms with Gasteiger partial charge in [0.2, 0.25) is 0 Å². The SMILES string of the molecule is COc1cc(C)c(C(Br)N(C)C)c(OC)c1. The van der Waals surface area contributed by atoms with Gasteiger partial charge in [0.15, 0.2) is 0 Å². The minimum absolute atomic E-state index is 0.133. The largest absolute Gasteiger partial charge is 0.497 e. The van der Waals surface area contributed by atoms with Crippen LogP contribution in [0.3, 0.4) is 0 Å². The monoisotopic (exact) mass is 287 g/mol. The highest BCUT2D eigenvalue weighted by Gasteiger charge is 2.18. The van der Waals surface area contributed by atoms with Crippen molar-refractivity contribution < 1.29 is 9.47 Å². The lowest BCUT2D eigenvalue weighted by molar-refractivity contribution is 0.362. The van der Waals surface area contributed by atoms with Crippen LogP contribution in [-0.4, -0.2) is 33.2 Å². The summed E-state index contributed by atoms with van der Waals surface area (Å²) < 4.78 is 10.6. The first-order valence-electron chi connectivity index (χ1n) is 5.04. The lowest BCUT2D eigenvalue weighted by Crippen LogP contribution is -2.16. The molecule has 16 heavy (non-hydrogen) atoms. The molecule has 0 fully saturated rings. The number of hydrogen-bond donors (Lipinski definition) is 0. The Labute approximate surface area is 105 Å². The molecule has 0 aliphatic heterocycles. The predicted molar refractivity (Wildman–Crippen MR) is 69.6 cm³/mol. The molecule has 1 atom stereocenters. The fraction of sp³-hybridized carbons (Fsp3) is 0.500. The molecule has 0 N–H and O–H groups in total. The summed E-state index contributed by atoms with van der Waals surface area (Å²) in [6, 6.07) is 3.91. The zero-order valence-corrected chi connectivity index (χ0v) is 12.0. The van der Waals surface area contributed by atoms with Gasteiger partial charge in [-0.3, -0.25) is 4.90 Å². The van der Waals surface area contributed by atoms with E-state index >= 15 is 0 Å². The maximum Gasteiger partial charge on any atom is 0.128 e. The molecule has 0 heterocycles. The fourth-order valence-electron chi connectivity index (χ4n) is 1.58. The van der Waals surface area contributed by atoms with Gasteiger partial charge in [-0.1, -0.05) is 15.9 Å². The van der Waals surface area contributed by atoms with Crippen molar-refractivity contribution in [3.8, 4) is 11.5 Å². The van der Waals surface area contributed by atoms with Crippen molar-refractivity contribution in [1.29, 1.82) is 0 Å². The Morgan fingerprint density at radius 3 is 2.25 bits per heavy atom. The molecule has 0 aliphatic carbocycles. The van der Waals surface area contributed by atoms with Gasteiger partial charge in [-0.15, -0.1) is 0 Å². The summed E-state index contributed by atoms with van der Waals surface area (Å²) in [5.74, 6) is 1.66. The smallest absolute Gasteiger partial charge is 0.128 e. The third kappa shape index (κ3) is 2.68. The van der Waals surface area contributed by atoms with Crippen LogP contribution in [0.25, 0.3) is 0 Å². The second-order valence-electron chi connectivity index (χ2n) is 3.86. The van der Waals surface area contributed by atoms with Crippen LogP contribution in [0.1, 0.15) is 16.1 Å². The molecule has 0 radical (unpaired) electrons. The summed E-state index contributed by atoms with van der Waals surface area (Å²) >= 11 is 3.64. The predicted octanol–water partition coefficient (Wildman–Crippen LogP) is 2.97. The van der Waals surface area contributed by atoms with E-state index in [1.54, 1.807) is 14.2 Å². The molecule has 1 unspecified atom stereocenters. The number of hydrogen-bond acceptors (Lipinski definition) is 3. The Balaban J connectivity index is 3.26. The molecule has 0 amide bonds. The molecule has 1 rings (SSSR count). The molecule has 1 aromatic carbocycles. The molecule has 0 spiro atoms. The molecule has 0 aliphatic rings. The molecule has 0 saturated carbocycles. The number of nitrogens with zero attached hydrogens (tertiary/aromatic N) is 1. The molecular formula is C12H18BrNO2. The zero-order chi connectivity index (χ0) is 12.3.